The van der Waals surface area contributed by atoms with Crippen LogP contribution in [0.5, 0.6) is 0 Å². The molecule has 3 aromatic rings. The molecule has 0 radical (unpaired) electrons. The molecule has 3 rings (SSSR count). The fraction of sp³-hybridized carbons (Fsp3) is 0.211. The van der Waals surface area contributed by atoms with E-state index in [2.05, 4.69) is 20.9 Å². The summed E-state index contributed by atoms with van der Waals surface area (Å²) >= 11 is 3.39. The smallest absolute Gasteiger partial charge is 0.261 e. The highest BCUT2D eigenvalue weighted by molar-refractivity contribution is 9.10. The zero-order valence-corrected chi connectivity index (χ0v) is 15.1. The van der Waals surface area contributed by atoms with Gasteiger partial charge in [0.1, 0.15) is 0 Å². The monoisotopic (exact) mass is 384 g/mol. The molecule has 0 spiro atoms. The molecule has 0 atom stereocenters. The van der Waals surface area contributed by atoms with Crippen molar-refractivity contribution in [2.24, 2.45) is 0 Å². The van der Waals surface area contributed by atoms with Crippen LogP contribution < -0.4 is 5.56 Å². The van der Waals surface area contributed by atoms with Crippen molar-refractivity contribution in [2.45, 2.75) is 25.8 Å². The Hall–Kier alpha value is -2.27. The van der Waals surface area contributed by atoms with Crippen molar-refractivity contribution in [2.75, 3.05) is 0 Å². The molecular formula is C19H17BrN2O2. The Bertz CT molecular complexity index is 962. The molecule has 0 aliphatic heterocycles. The number of benzene rings is 2. The summed E-state index contributed by atoms with van der Waals surface area (Å²) in [5, 5.41) is 0.497. The van der Waals surface area contributed by atoms with E-state index in [0.717, 1.165) is 10.0 Å². The van der Waals surface area contributed by atoms with Crippen LogP contribution in [0.15, 0.2) is 64.1 Å². The molecule has 1 aromatic heterocycles. The normalized spacial score (nSPS) is 11.6. The van der Waals surface area contributed by atoms with Gasteiger partial charge in [-0.25, -0.2) is 4.98 Å². The topological polar surface area (TPSA) is 52.0 Å². The van der Waals surface area contributed by atoms with Gasteiger partial charge in [-0.1, -0.05) is 36.4 Å². The number of ketones is 1. The van der Waals surface area contributed by atoms with E-state index in [4.69, 9.17) is 0 Å². The van der Waals surface area contributed by atoms with Crippen LogP contribution in [0.25, 0.3) is 10.9 Å². The highest BCUT2D eigenvalue weighted by atomic mass is 79.9. The van der Waals surface area contributed by atoms with E-state index in [9.17, 15) is 9.59 Å². The second-order valence-corrected chi connectivity index (χ2v) is 7.08. The molecular weight excluding hydrogens is 368 g/mol. The second kappa shape index (κ2) is 6.32. The summed E-state index contributed by atoms with van der Waals surface area (Å²) in [5.41, 5.74) is 0.652. The molecule has 1 heterocycles. The number of rotatable bonds is 4. The molecule has 0 aliphatic carbocycles. The number of carbonyl (C=O) groups is 1. The molecule has 0 saturated heterocycles. The maximum atomic E-state index is 12.8. The third-order valence-corrected chi connectivity index (χ3v) is 4.95. The number of hydrogen-bond acceptors (Lipinski definition) is 3. The van der Waals surface area contributed by atoms with Crippen molar-refractivity contribution in [3.05, 3.63) is 75.2 Å². The maximum Gasteiger partial charge on any atom is 0.261 e. The Labute approximate surface area is 148 Å². The fourth-order valence-electron chi connectivity index (χ4n) is 2.63. The summed E-state index contributed by atoms with van der Waals surface area (Å²) < 4.78 is 2.14. The summed E-state index contributed by atoms with van der Waals surface area (Å²) in [4.78, 5) is 29.7. The van der Waals surface area contributed by atoms with Gasteiger partial charge in [0.25, 0.3) is 5.56 Å². The summed E-state index contributed by atoms with van der Waals surface area (Å²) in [6.07, 6.45) is 1.44. The number of carbonyl (C=O) groups excluding carboxylic acids is 1. The van der Waals surface area contributed by atoms with Crippen molar-refractivity contribution >= 4 is 32.6 Å². The van der Waals surface area contributed by atoms with Crippen LogP contribution in [0.4, 0.5) is 0 Å². The lowest BCUT2D eigenvalue weighted by atomic mass is 9.80. The van der Waals surface area contributed by atoms with E-state index in [-0.39, 0.29) is 17.9 Å². The zero-order chi connectivity index (χ0) is 17.3. The Balaban J connectivity index is 1.97. The average Bonchev–Trinajstić information content (AvgIpc) is 2.58. The molecule has 0 saturated carbocycles. The van der Waals surface area contributed by atoms with E-state index in [1.54, 1.807) is 12.1 Å². The van der Waals surface area contributed by atoms with Crippen molar-refractivity contribution in [1.82, 2.24) is 9.55 Å². The minimum absolute atomic E-state index is 0.00379. The molecule has 0 amide bonds. The highest BCUT2D eigenvalue weighted by Gasteiger charge is 2.29. The van der Waals surface area contributed by atoms with Gasteiger partial charge in [-0.05, 0) is 47.5 Å². The number of para-hydroxylation sites is 1. The number of halogens is 1. The number of aromatic nitrogens is 2. The molecule has 0 fully saturated rings. The minimum atomic E-state index is -0.674. The van der Waals surface area contributed by atoms with Crippen molar-refractivity contribution in [3.8, 4) is 0 Å². The molecule has 0 aliphatic rings. The van der Waals surface area contributed by atoms with Crippen LogP contribution in [0.3, 0.4) is 0 Å². The number of hydrogen-bond donors (Lipinski definition) is 0. The first kappa shape index (κ1) is 16.6. The standard InChI is InChI=1S/C19H17BrN2O2/c1-19(2,13-7-4-3-5-8-13)16(23)11-22-12-21-17-14(18(22)24)9-6-10-15(17)20/h3-10,12H,11H2,1-2H3. The Morgan fingerprint density at radius 3 is 2.54 bits per heavy atom. The molecule has 24 heavy (non-hydrogen) atoms. The van der Waals surface area contributed by atoms with Gasteiger partial charge < -0.3 is 0 Å². The van der Waals surface area contributed by atoms with Gasteiger partial charge in [-0.15, -0.1) is 0 Å². The van der Waals surface area contributed by atoms with Crippen LogP contribution in [-0.4, -0.2) is 15.3 Å². The fourth-order valence-corrected chi connectivity index (χ4v) is 3.10. The van der Waals surface area contributed by atoms with Crippen molar-refractivity contribution in [1.29, 1.82) is 0 Å². The average molecular weight is 385 g/mol. The van der Waals surface area contributed by atoms with Gasteiger partial charge in [-0.3, -0.25) is 14.2 Å². The quantitative estimate of drug-likeness (QED) is 0.688. The number of nitrogens with zero attached hydrogens (tertiary/aromatic N) is 2. The summed E-state index contributed by atoms with van der Waals surface area (Å²) in [6, 6.07) is 14.9. The van der Waals surface area contributed by atoms with E-state index >= 15 is 0 Å². The third kappa shape index (κ3) is 2.91. The van der Waals surface area contributed by atoms with Crippen LogP contribution in [0, 0.1) is 0 Å². The molecule has 0 bridgehead atoms. The minimum Gasteiger partial charge on any atom is -0.297 e. The van der Waals surface area contributed by atoms with Crippen molar-refractivity contribution in [3.63, 3.8) is 0 Å². The maximum absolute atomic E-state index is 12.8. The first-order valence-electron chi connectivity index (χ1n) is 7.64. The SMILES string of the molecule is CC(C)(C(=O)Cn1cnc2c(Br)cccc2c1=O)c1ccccc1. The third-order valence-electron chi connectivity index (χ3n) is 4.31. The lowest BCUT2D eigenvalue weighted by molar-refractivity contribution is -0.124. The molecule has 5 heteroatoms. The summed E-state index contributed by atoms with van der Waals surface area (Å²) in [5.74, 6) is -0.0352. The van der Waals surface area contributed by atoms with Gasteiger partial charge >= 0.3 is 0 Å². The van der Waals surface area contributed by atoms with Crippen LogP contribution in [0.2, 0.25) is 0 Å². The predicted molar refractivity (Wildman–Crippen MR) is 98.2 cm³/mol. The lowest BCUT2D eigenvalue weighted by Crippen LogP contribution is -2.35. The largest absolute Gasteiger partial charge is 0.297 e. The first-order valence-corrected chi connectivity index (χ1v) is 8.43. The molecule has 122 valence electrons. The van der Waals surface area contributed by atoms with Crippen molar-refractivity contribution < 1.29 is 4.79 Å². The lowest BCUT2D eigenvalue weighted by Gasteiger charge is -2.24. The van der Waals surface area contributed by atoms with E-state index < -0.39 is 5.41 Å². The number of Topliss-reactive ketones (excluding diaryl/α,β-unsaturated/α-hetero) is 1. The van der Waals surface area contributed by atoms with Gasteiger partial charge in [-0.2, -0.15) is 0 Å². The van der Waals surface area contributed by atoms with Crippen LogP contribution in [0.1, 0.15) is 19.4 Å². The van der Waals surface area contributed by atoms with Gasteiger partial charge in [0.05, 0.1) is 29.2 Å². The highest BCUT2D eigenvalue weighted by Crippen LogP contribution is 2.25. The van der Waals surface area contributed by atoms with E-state index in [1.165, 1.54) is 10.9 Å². The Kier molecular flexibility index (Phi) is 4.37. The Morgan fingerprint density at radius 2 is 1.83 bits per heavy atom. The van der Waals surface area contributed by atoms with E-state index in [1.807, 2.05) is 50.2 Å². The molecule has 2 aromatic carbocycles. The van der Waals surface area contributed by atoms with Crippen LogP contribution >= 0.6 is 15.9 Å². The summed E-state index contributed by atoms with van der Waals surface area (Å²) in [6.45, 7) is 3.75. The molecule has 0 N–H and O–H groups in total. The second-order valence-electron chi connectivity index (χ2n) is 6.23. The van der Waals surface area contributed by atoms with Gasteiger partial charge in [0, 0.05) is 4.47 Å². The predicted octanol–water partition coefficient (Wildman–Crippen LogP) is 3.71. The van der Waals surface area contributed by atoms with Gasteiger partial charge in [0.15, 0.2) is 5.78 Å². The van der Waals surface area contributed by atoms with Gasteiger partial charge in [0.2, 0.25) is 0 Å². The van der Waals surface area contributed by atoms with Crippen LogP contribution in [-0.2, 0) is 16.8 Å². The molecule has 4 nitrogen and oxygen atoms in total. The van der Waals surface area contributed by atoms with E-state index in [0.29, 0.717) is 10.9 Å². The number of fused-ring (bicyclic) bond motifs is 1. The zero-order valence-electron chi connectivity index (χ0n) is 13.5. The Morgan fingerprint density at radius 1 is 1.12 bits per heavy atom. The molecule has 0 unspecified atom stereocenters. The first-order chi connectivity index (χ1) is 11.4. The summed E-state index contributed by atoms with van der Waals surface area (Å²) in [7, 11) is 0.